The number of carbonyl (C=O) groups is 3. The quantitative estimate of drug-likeness (QED) is 0.676. The van der Waals surface area contributed by atoms with Crippen molar-refractivity contribution in [2.75, 3.05) is 12.3 Å². The number of Topliss-reactive ketones (excluding diaryl/α,β-unsaturated/α-hetero) is 1. The third-order valence-electron chi connectivity index (χ3n) is 2.51. The molecular formula is C10H16N2O3S. The van der Waals surface area contributed by atoms with Gasteiger partial charge < -0.3 is 5.73 Å². The molecule has 1 aliphatic heterocycles. The first-order valence-electron chi connectivity index (χ1n) is 5.20. The second-order valence-corrected chi connectivity index (χ2v) is 5.09. The molecule has 2 atom stereocenters. The largest absolute Gasteiger partial charge is 0.328 e. The number of thioether (sulfide) groups is 1. The predicted octanol–water partition coefficient (Wildman–Crippen LogP) is -0.217. The summed E-state index contributed by atoms with van der Waals surface area (Å²) < 4.78 is 0. The summed E-state index contributed by atoms with van der Waals surface area (Å²) in [4.78, 5) is 35.9. The standard InChI is InChI=1S/C10H16N2O3S/c1-3-16-8-4-9(14)12(10(8)15)7(5-11)6(2)13/h7-8H,3-5,11H2,1-2H3. The van der Waals surface area contributed by atoms with E-state index < -0.39 is 6.04 Å². The minimum atomic E-state index is -0.789. The van der Waals surface area contributed by atoms with E-state index in [0.717, 1.165) is 10.7 Å². The lowest BCUT2D eigenvalue weighted by atomic mass is 10.2. The van der Waals surface area contributed by atoms with Crippen LogP contribution >= 0.6 is 11.8 Å². The molecule has 0 bridgehead atoms. The Hall–Kier alpha value is -0.880. The SMILES string of the molecule is CCSC1CC(=O)N(C(CN)C(C)=O)C1=O. The molecule has 0 aliphatic carbocycles. The van der Waals surface area contributed by atoms with Crippen molar-refractivity contribution in [3.8, 4) is 0 Å². The lowest BCUT2D eigenvalue weighted by Crippen LogP contribution is -2.48. The Morgan fingerprint density at radius 3 is 2.69 bits per heavy atom. The van der Waals surface area contributed by atoms with Crippen LogP contribution in [0.1, 0.15) is 20.3 Å². The lowest BCUT2D eigenvalue weighted by molar-refractivity contribution is -0.145. The van der Waals surface area contributed by atoms with Crippen LogP contribution in [-0.4, -0.2) is 46.1 Å². The van der Waals surface area contributed by atoms with Gasteiger partial charge in [-0.2, -0.15) is 0 Å². The van der Waals surface area contributed by atoms with E-state index in [4.69, 9.17) is 5.73 Å². The van der Waals surface area contributed by atoms with Crippen molar-refractivity contribution >= 4 is 29.4 Å². The lowest BCUT2D eigenvalue weighted by Gasteiger charge is -2.22. The van der Waals surface area contributed by atoms with Crippen molar-refractivity contribution in [1.82, 2.24) is 4.90 Å². The van der Waals surface area contributed by atoms with Gasteiger partial charge in [-0.05, 0) is 12.7 Å². The Bertz CT molecular complexity index is 319. The molecule has 1 fully saturated rings. The van der Waals surface area contributed by atoms with Crippen molar-refractivity contribution in [3.63, 3.8) is 0 Å². The van der Waals surface area contributed by atoms with Crippen LogP contribution in [0.3, 0.4) is 0 Å². The summed E-state index contributed by atoms with van der Waals surface area (Å²) in [6.45, 7) is 3.27. The van der Waals surface area contributed by atoms with Crippen molar-refractivity contribution in [2.45, 2.75) is 31.6 Å². The van der Waals surface area contributed by atoms with Crippen molar-refractivity contribution in [2.24, 2.45) is 5.73 Å². The molecule has 0 aromatic carbocycles. The molecule has 0 spiro atoms. The van der Waals surface area contributed by atoms with Gasteiger partial charge >= 0.3 is 0 Å². The monoisotopic (exact) mass is 244 g/mol. The summed E-state index contributed by atoms with van der Waals surface area (Å²) in [5.41, 5.74) is 5.42. The summed E-state index contributed by atoms with van der Waals surface area (Å²) in [5, 5.41) is -0.342. The minimum Gasteiger partial charge on any atom is -0.328 e. The number of nitrogens with zero attached hydrogens (tertiary/aromatic N) is 1. The highest BCUT2D eigenvalue weighted by Crippen LogP contribution is 2.26. The summed E-state index contributed by atoms with van der Waals surface area (Å²) in [5.74, 6) is -0.0410. The molecule has 16 heavy (non-hydrogen) atoms. The van der Waals surface area contributed by atoms with Crippen LogP contribution < -0.4 is 5.73 Å². The third-order valence-corrected chi connectivity index (χ3v) is 3.62. The molecule has 90 valence electrons. The second-order valence-electron chi connectivity index (χ2n) is 3.61. The molecule has 2 unspecified atom stereocenters. The fraction of sp³-hybridized carbons (Fsp3) is 0.700. The van der Waals surface area contributed by atoms with Crippen LogP contribution in [-0.2, 0) is 14.4 Å². The number of hydrogen-bond acceptors (Lipinski definition) is 5. The molecule has 0 aromatic heterocycles. The van der Waals surface area contributed by atoms with E-state index in [2.05, 4.69) is 0 Å². The van der Waals surface area contributed by atoms with Crippen molar-refractivity contribution in [1.29, 1.82) is 0 Å². The number of likely N-dealkylation sites (tertiary alicyclic amines) is 1. The van der Waals surface area contributed by atoms with Gasteiger partial charge in [0.1, 0.15) is 6.04 Å². The average molecular weight is 244 g/mol. The number of amides is 2. The predicted molar refractivity (Wildman–Crippen MR) is 61.9 cm³/mol. The topological polar surface area (TPSA) is 80.5 Å². The van der Waals surface area contributed by atoms with Crippen LogP contribution in [0.15, 0.2) is 0 Å². The number of carbonyl (C=O) groups excluding carboxylic acids is 3. The highest BCUT2D eigenvalue weighted by atomic mass is 32.2. The Morgan fingerprint density at radius 1 is 1.62 bits per heavy atom. The Balaban J connectivity index is 2.84. The van der Waals surface area contributed by atoms with E-state index in [1.165, 1.54) is 18.7 Å². The van der Waals surface area contributed by atoms with Crippen LogP contribution in [0.2, 0.25) is 0 Å². The van der Waals surface area contributed by atoms with Gasteiger partial charge in [-0.15, -0.1) is 11.8 Å². The van der Waals surface area contributed by atoms with Crippen molar-refractivity contribution in [3.05, 3.63) is 0 Å². The summed E-state index contributed by atoms with van der Waals surface area (Å²) in [6, 6.07) is -0.789. The van der Waals surface area contributed by atoms with Crippen LogP contribution in [0.5, 0.6) is 0 Å². The van der Waals surface area contributed by atoms with E-state index in [1.54, 1.807) is 0 Å². The van der Waals surface area contributed by atoms with Gasteiger partial charge in [-0.1, -0.05) is 6.92 Å². The number of hydrogen-bond donors (Lipinski definition) is 1. The van der Waals surface area contributed by atoms with Gasteiger partial charge in [0.25, 0.3) is 0 Å². The Kier molecular flexibility index (Phi) is 4.49. The van der Waals surface area contributed by atoms with Gasteiger partial charge in [-0.3, -0.25) is 19.3 Å². The number of rotatable bonds is 5. The van der Waals surface area contributed by atoms with E-state index in [0.29, 0.717) is 0 Å². The highest BCUT2D eigenvalue weighted by molar-refractivity contribution is 8.00. The maximum Gasteiger partial charge on any atom is 0.243 e. The van der Waals surface area contributed by atoms with Crippen LogP contribution in [0.4, 0.5) is 0 Å². The molecule has 1 saturated heterocycles. The maximum absolute atomic E-state index is 11.9. The second kappa shape index (κ2) is 5.45. The van der Waals surface area contributed by atoms with Crippen LogP contribution in [0.25, 0.3) is 0 Å². The molecule has 0 radical (unpaired) electrons. The molecule has 5 nitrogen and oxygen atoms in total. The Labute approximate surface area is 98.7 Å². The number of ketones is 1. The minimum absolute atomic E-state index is 0.00365. The van der Waals surface area contributed by atoms with Gasteiger partial charge in [0.2, 0.25) is 11.8 Å². The zero-order valence-corrected chi connectivity index (χ0v) is 10.3. The summed E-state index contributed by atoms with van der Waals surface area (Å²) in [6.07, 6.45) is 0.182. The van der Waals surface area contributed by atoms with E-state index in [1.807, 2.05) is 6.92 Å². The summed E-state index contributed by atoms with van der Waals surface area (Å²) in [7, 11) is 0. The number of imide groups is 1. The van der Waals surface area contributed by atoms with Gasteiger partial charge in [0.15, 0.2) is 5.78 Å². The molecule has 0 saturated carbocycles. The van der Waals surface area contributed by atoms with E-state index >= 15 is 0 Å². The molecule has 2 amide bonds. The maximum atomic E-state index is 11.9. The first-order chi connectivity index (χ1) is 7.52. The van der Waals surface area contributed by atoms with Gasteiger partial charge in [-0.25, -0.2) is 0 Å². The van der Waals surface area contributed by atoms with E-state index in [-0.39, 0.29) is 35.8 Å². The molecule has 0 aromatic rings. The van der Waals surface area contributed by atoms with Gasteiger partial charge in [0.05, 0.1) is 5.25 Å². The van der Waals surface area contributed by atoms with Crippen LogP contribution in [0, 0.1) is 0 Å². The molecule has 6 heteroatoms. The Morgan fingerprint density at radius 2 is 2.25 bits per heavy atom. The summed E-state index contributed by atoms with van der Waals surface area (Å²) >= 11 is 1.43. The van der Waals surface area contributed by atoms with Gasteiger partial charge in [0, 0.05) is 13.0 Å². The smallest absolute Gasteiger partial charge is 0.243 e. The molecule has 1 aliphatic rings. The fourth-order valence-electron chi connectivity index (χ4n) is 1.73. The number of nitrogens with two attached hydrogens (primary N) is 1. The normalized spacial score (nSPS) is 22.7. The molecular weight excluding hydrogens is 228 g/mol. The fourth-order valence-corrected chi connectivity index (χ4v) is 2.65. The zero-order chi connectivity index (χ0) is 12.3. The first-order valence-corrected chi connectivity index (χ1v) is 6.25. The third kappa shape index (κ3) is 2.44. The van der Waals surface area contributed by atoms with Crippen molar-refractivity contribution < 1.29 is 14.4 Å². The molecule has 2 N–H and O–H groups in total. The highest BCUT2D eigenvalue weighted by Gasteiger charge is 2.43. The molecule has 1 heterocycles. The zero-order valence-electron chi connectivity index (χ0n) is 9.43. The average Bonchev–Trinajstić information content (AvgIpc) is 2.47. The van der Waals surface area contributed by atoms with E-state index in [9.17, 15) is 14.4 Å². The molecule has 1 rings (SSSR count). The first kappa shape index (κ1) is 13.2.